The van der Waals surface area contributed by atoms with Gasteiger partial charge in [-0.2, -0.15) is 4.31 Å². The number of carbonyl (C=O) groups excluding carboxylic acids is 1. The zero-order valence-electron chi connectivity index (χ0n) is 15.7. The van der Waals surface area contributed by atoms with Gasteiger partial charge in [0.05, 0.1) is 11.4 Å². The molecule has 0 spiro atoms. The highest BCUT2D eigenvalue weighted by atomic mass is 32.2. The minimum Gasteiger partial charge on any atom is -0.352 e. The molecule has 26 heavy (non-hydrogen) atoms. The lowest BCUT2D eigenvalue weighted by molar-refractivity contribution is -0.123. The molecule has 1 amide bonds. The highest BCUT2D eigenvalue weighted by molar-refractivity contribution is 7.89. The molecule has 2 fully saturated rings. The molecular weight excluding hydrogens is 350 g/mol. The highest BCUT2D eigenvalue weighted by Gasteiger charge is 2.30. The first-order valence-electron chi connectivity index (χ1n) is 9.45. The van der Waals surface area contributed by atoms with Crippen LogP contribution in [0.15, 0.2) is 23.1 Å². The first-order valence-corrected chi connectivity index (χ1v) is 10.9. The molecule has 1 saturated carbocycles. The van der Waals surface area contributed by atoms with Crippen molar-refractivity contribution < 1.29 is 13.2 Å². The van der Waals surface area contributed by atoms with Gasteiger partial charge in [-0.1, -0.05) is 25.0 Å². The van der Waals surface area contributed by atoms with E-state index in [0.717, 1.165) is 24.0 Å². The lowest BCUT2D eigenvalue weighted by atomic mass is 10.2. The number of hydrogen-bond donors (Lipinski definition) is 1. The van der Waals surface area contributed by atoms with Crippen LogP contribution in [0.1, 0.15) is 36.8 Å². The second-order valence-corrected chi connectivity index (χ2v) is 9.40. The van der Waals surface area contributed by atoms with Gasteiger partial charge < -0.3 is 5.32 Å². The average Bonchev–Trinajstić information content (AvgIpc) is 3.10. The summed E-state index contributed by atoms with van der Waals surface area (Å²) in [6.45, 7) is 6.10. The minimum absolute atomic E-state index is 0.0581. The summed E-state index contributed by atoms with van der Waals surface area (Å²) in [6, 6.07) is 5.85. The van der Waals surface area contributed by atoms with Crippen LogP contribution in [-0.2, 0) is 14.8 Å². The van der Waals surface area contributed by atoms with Crippen LogP contribution in [0.25, 0.3) is 0 Å². The van der Waals surface area contributed by atoms with Crippen LogP contribution in [0.5, 0.6) is 0 Å². The van der Waals surface area contributed by atoms with E-state index in [-0.39, 0.29) is 5.91 Å². The molecule has 1 N–H and O–H groups in total. The third kappa shape index (κ3) is 4.45. The fourth-order valence-electron chi connectivity index (χ4n) is 3.80. The molecule has 7 heteroatoms. The standard InChI is InChI=1S/C19H29N3O3S/c1-15-7-8-16(2)18(13-15)26(24,25)22-11-9-21(10-12-22)14-19(23)20-17-5-3-4-6-17/h7-8,13,17H,3-6,9-12,14H2,1-2H3,(H,20,23). The Kier molecular flexibility index (Phi) is 5.99. The second-order valence-electron chi connectivity index (χ2n) is 7.50. The molecule has 1 heterocycles. The van der Waals surface area contributed by atoms with Crippen LogP contribution in [-0.4, -0.2) is 62.3 Å². The molecule has 1 aliphatic carbocycles. The Balaban J connectivity index is 1.55. The van der Waals surface area contributed by atoms with E-state index in [1.807, 2.05) is 30.9 Å². The monoisotopic (exact) mass is 379 g/mol. The van der Waals surface area contributed by atoms with Crippen molar-refractivity contribution in [1.82, 2.24) is 14.5 Å². The van der Waals surface area contributed by atoms with Crippen molar-refractivity contribution in [2.75, 3.05) is 32.7 Å². The molecule has 3 rings (SSSR count). The smallest absolute Gasteiger partial charge is 0.243 e. The fourth-order valence-corrected chi connectivity index (χ4v) is 5.53. The van der Waals surface area contributed by atoms with E-state index < -0.39 is 10.0 Å². The molecule has 0 unspecified atom stereocenters. The molecule has 2 aliphatic rings. The summed E-state index contributed by atoms with van der Waals surface area (Å²) in [5.74, 6) is 0.0581. The van der Waals surface area contributed by atoms with Crippen molar-refractivity contribution in [3.63, 3.8) is 0 Å². The van der Waals surface area contributed by atoms with Gasteiger partial charge in [-0.05, 0) is 43.9 Å². The molecule has 1 aromatic carbocycles. The maximum absolute atomic E-state index is 12.9. The van der Waals surface area contributed by atoms with Crippen LogP contribution in [0.3, 0.4) is 0 Å². The summed E-state index contributed by atoms with van der Waals surface area (Å²) < 4.78 is 27.4. The molecular formula is C19H29N3O3S. The van der Waals surface area contributed by atoms with Crippen LogP contribution < -0.4 is 5.32 Å². The lowest BCUT2D eigenvalue weighted by Crippen LogP contribution is -2.51. The maximum atomic E-state index is 12.9. The summed E-state index contributed by atoms with van der Waals surface area (Å²) in [7, 11) is -3.48. The van der Waals surface area contributed by atoms with Crippen molar-refractivity contribution in [2.24, 2.45) is 0 Å². The number of aryl methyl sites for hydroxylation is 2. The van der Waals surface area contributed by atoms with Gasteiger partial charge in [0.2, 0.25) is 15.9 Å². The molecule has 144 valence electrons. The van der Waals surface area contributed by atoms with Crippen molar-refractivity contribution in [3.05, 3.63) is 29.3 Å². The normalized spacial score (nSPS) is 20.4. The zero-order valence-corrected chi connectivity index (χ0v) is 16.5. The van der Waals surface area contributed by atoms with Crippen LogP contribution in [0.2, 0.25) is 0 Å². The van der Waals surface area contributed by atoms with Gasteiger partial charge in [-0.15, -0.1) is 0 Å². The lowest BCUT2D eigenvalue weighted by Gasteiger charge is -2.34. The fraction of sp³-hybridized carbons (Fsp3) is 0.632. The Labute approximate surface area is 156 Å². The third-order valence-corrected chi connectivity index (χ3v) is 7.42. The van der Waals surface area contributed by atoms with E-state index in [1.54, 1.807) is 10.4 Å². The van der Waals surface area contributed by atoms with Gasteiger partial charge >= 0.3 is 0 Å². The molecule has 1 aliphatic heterocycles. The summed E-state index contributed by atoms with van der Waals surface area (Å²) in [5.41, 5.74) is 1.71. The quantitative estimate of drug-likeness (QED) is 0.845. The first kappa shape index (κ1) is 19.3. The number of piperazine rings is 1. The average molecular weight is 380 g/mol. The molecule has 0 bridgehead atoms. The molecule has 0 radical (unpaired) electrons. The summed E-state index contributed by atoms with van der Waals surface area (Å²) in [4.78, 5) is 14.6. The Bertz CT molecular complexity index is 749. The highest BCUT2D eigenvalue weighted by Crippen LogP contribution is 2.22. The Hall–Kier alpha value is -1.44. The summed E-state index contributed by atoms with van der Waals surface area (Å²) in [5, 5.41) is 3.09. The number of carbonyl (C=O) groups is 1. The minimum atomic E-state index is -3.48. The number of sulfonamides is 1. The van der Waals surface area contributed by atoms with Gasteiger partial charge in [0.1, 0.15) is 0 Å². The molecule has 0 aromatic heterocycles. The van der Waals surface area contributed by atoms with Gasteiger partial charge in [0, 0.05) is 32.2 Å². The van der Waals surface area contributed by atoms with E-state index in [0.29, 0.717) is 43.7 Å². The SMILES string of the molecule is Cc1ccc(C)c(S(=O)(=O)N2CCN(CC(=O)NC3CCCC3)CC2)c1. The van der Waals surface area contributed by atoms with Gasteiger partial charge in [0.15, 0.2) is 0 Å². The number of amides is 1. The summed E-state index contributed by atoms with van der Waals surface area (Å²) in [6.07, 6.45) is 4.54. The molecule has 1 aromatic rings. The molecule has 6 nitrogen and oxygen atoms in total. The van der Waals surface area contributed by atoms with E-state index in [1.165, 1.54) is 12.8 Å². The predicted molar refractivity (Wildman–Crippen MR) is 102 cm³/mol. The predicted octanol–water partition coefficient (Wildman–Crippen LogP) is 1.67. The largest absolute Gasteiger partial charge is 0.352 e. The number of nitrogens with zero attached hydrogens (tertiary/aromatic N) is 2. The zero-order chi connectivity index (χ0) is 18.7. The van der Waals surface area contributed by atoms with Crippen molar-refractivity contribution >= 4 is 15.9 Å². The van der Waals surface area contributed by atoms with Crippen LogP contribution >= 0.6 is 0 Å². The van der Waals surface area contributed by atoms with E-state index in [4.69, 9.17) is 0 Å². The van der Waals surface area contributed by atoms with E-state index in [2.05, 4.69) is 5.32 Å². The number of benzene rings is 1. The Morgan fingerprint density at radius 1 is 1.12 bits per heavy atom. The van der Waals surface area contributed by atoms with Crippen LogP contribution in [0.4, 0.5) is 0 Å². The number of hydrogen-bond acceptors (Lipinski definition) is 4. The van der Waals surface area contributed by atoms with Crippen molar-refractivity contribution in [2.45, 2.75) is 50.5 Å². The van der Waals surface area contributed by atoms with E-state index >= 15 is 0 Å². The topological polar surface area (TPSA) is 69.7 Å². The van der Waals surface area contributed by atoms with E-state index in [9.17, 15) is 13.2 Å². The Morgan fingerprint density at radius 3 is 2.42 bits per heavy atom. The maximum Gasteiger partial charge on any atom is 0.243 e. The second kappa shape index (κ2) is 8.06. The number of nitrogens with one attached hydrogen (secondary N) is 1. The summed E-state index contributed by atoms with van der Waals surface area (Å²) >= 11 is 0. The third-order valence-electron chi connectivity index (χ3n) is 5.38. The first-order chi connectivity index (χ1) is 12.4. The van der Waals surface area contributed by atoms with Crippen LogP contribution in [0, 0.1) is 13.8 Å². The van der Waals surface area contributed by atoms with Crippen molar-refractivity contribution in [3.8, 4) is 0 Å². The number of rotatable bonds is 5. The molecule has 1 saturated heterocycles. The molecule has 0 atom stereocenters. The van der Waals surface area contributed by atoms with Gasteiger partial charge in [-0.3, -0.25) is 9.69 Å². The van der Waals surface area contributed by atoms with Gasteiger partial charge in [0.25, 0.3) is 0 Å². The Morgan fingerprint density at radius 2 is 1.77 bits per heavy atom. The van der Waals surface area contributed by atoms with Crippen molar-refractivity contribution in [1.29, 1.82) is 0 Å². The van der Waals surface area contributed by atoms with Gasteiger partial charge in [-0.25, -0.2) is 8.42 Å².